The van der Waals surface area contributed by atoms with E-state index in [1.54, 1.807) is 4.68 Å². The zero-order chi connectivity index (χ0) is 9.90. The van der Waals surface area contributed by atoms with Crippen LogP contribution in [0.4, 0.5) is 0 Å². The van der Waals surface area contributed by atoms with Crippen molar-refractivity contribution in [2.75, 3.05) is 0 Å². The maximum atomic E-state index is 8.72. The molecule has 1 heterocycles. The van der Waals surface area contributed by atoms with Crippen molar-refractivity contribution in [2.24, 2.45) is 7.05 Å². The number of rotatable bonds is 3. The molecule has 3 nitrogen and oxygen atoms in total. The summed E-state index contributed by atoms with van der Waals surface area (Å²) in [6, 6.07) is 2.23. The highest BCUT2D eigenvalue weighted by Crippen LogP contribution is 2.30. The van der Waals surface area contributed by atoms with E-state index in [0.717, 1.165) is 12.0 Å². The predicted molar refractivity (Wildman–Crippen MR) is 51.1 cm³/mol. The van der Waals surface area contributed by atoms with Crippen molar-refractivity contribution in [3.05, 3.63) is 18.0 Å². The van der Waals surface area contributed by atoms with Gasteiger partial charge in [-0.15, -0.1) is 0 Å². The average Bonchev–Trinajstić information content (AvgIpc) is 2.52. The van der Waals surface area contributed by atoms with E-state index in [9.17, 15) is 0 Å². The van der Waals surface area contributed by atoms with Crippen molar-refractivity contribution in [1.82, 2.24) is 9.78 Å². The normalized spacial score (nSPS) is 14.9. The summed E-state index contributed by atoms with van der Waals surface area (Å²) < 4.78 is 1.78. The summed E-state index contributed by atoms with van der Waals surface area (Å²) >= 11 is 0. The number of aryl methyl sites for hydroxylation is 1. The SMILES string of the molecule is CCC(C)(CC#N)c1cnn(C)c1. The third kappa shape index (κ3) is 1.89. The number of hydrogen-bond acceptors (Lipinski definition) is 2. The van der Waals surface area contributed by atoms with Crippen LogP contribution in [-0.4, -0.2) is 9.78 Å². The van der Waals surface area contributed by atoms with Crippen molar-refractivity contribution in [1.29, 1.82) is 5.26 Å². The minimum atomic E-state index is -0.0387. The molecule has 0 aliphatic rings. The van der Waals surface area contributed by atoms with Gasteiger partial charge in [-0.3, -0.25) is 4.68 Å². The number of nitriles is 1. The first kappa shape index (κ1) is 9.79. The Labute approximate surface area is 79.0 Å². The number of nitrogens with zero attached hydrogens (tertiary/aromatic N) is 3. The summed E-state index contributed by atoms with van der Waals surface area (Å²) in [5, 5.41) is 12.8. The fraction of sp³-hybridized carbons (Fsp3) is 0.600. The summed E-state index contributed by atoms with van der Waals surface area (Å²) in [6.07, 6.45) is 5.35. The Morgan fingerprint density at radius 2 is 2.38 bits per heavy atom. The minimum Gasteiger partial charge on any atom is -0.276 e. The zero-order valence-electron chi connectivity index (χ0n) is 8.41. The molecule has 0 spiro atoms. The molecule has 1 aromatic heterocycles. The van der Waals surface area contributed by atoms with E-state index in [1.165, 1.54) is 0 Å². The summed E-state index contributed by atoms with van der Waals surface area (Å²) in [7, 11) is 1.89. The van der Waals surface area contributed by atoms with Gasteiger partial charge in [-0.05, 0) is 12.0 Å². The monoisotopic (exact) mass is 177 g/mol. The fourth-order valence-electron chi connectivity index (χ4n) is 1.34. The Kier molecular flexibility index (Phi) is 2.72. The van der Waals surface area contributed by atoms with Gasteiger partial charge in [-0.25, -0.2) is 0 Å². The second-order valence-electron chi connectivity index (χ2n) is 3.65. The van der Waals surface area contributed by atoms with Crippen LogP contribution < -0.4 is 0 Å². The maximum absolute atomic E-state index is 8.72. The lowest BCUT2D eigenvalue weighted by molar-refractivity contribution is 0.465. The lowest BCUT2D eigenvalue weighted by Crippen LogP contribution is -2.19. The Hall–Kier alpha value is -1.30. The molecule has 0 saturated heterocycles. The van der Waals surface area contributed by atoms with Crippen LogP contribution in [0.5, 0.6) is 0 Å². The predicted octanol–water partition coefficient (Wildman–Crippen LogP) is 2.00. The van der Waals surface area contributed by atoms with Crippen molar-refractivity contribution >= 4 is 0 Å². The summed E-state index contributed by atoms with van der Waals surface area (Å²) in [5.74, 6) is 0. The molecule has 0 aliphatic carbocycles. The van der Waals surface area contributed by atoms with E-state index in [-0.39, 0.29) is 5.41 Å². The van der Waals surface area contributed by atoms with Gasteiger partial charge in [0.1, 0.15) is 0 Å². The minimum absolute atomic E-state index is 0.0387. The highest BCUT2D eigenvalue weighted by molar-refractivity contribution is 5.19. The van der Waals surface area contributed by atoms with Crippen LogP contribution >= 0.6 is 0 Å². The van der Waals surface area contributed by atoms with E-state index >= 15 is 0 Å². The fourth-order valence-corrected chi connectivity index (χ4v) is 1.34. The molecule has 1 unspecified atom stereocenters. The largest absolute Gasteiger partial charge is 0.276 e. The smallest absolute Gasteiger partial charge is 0.0631 e. The maximum Gasteiger partial charge on any atom is 0.0631 e. The van der Waals surface area contributed by atoms with Crippen molar-refractivity contribution in [2.45, 2.75) is 32.1 Å². The van der Waals surface area contributed by atoms with Gasteiger partial charge in [0.15, 0.2) is 0 Å². The molecule has 0 amide bonds. The van der Waals surface area contributed by atoms with Crippen LogP contribution in [0.1, 0.15) is 32.3 Å². The quantitative estimate of drug-likeness (QED) is 0.708. The van der Waals surface area contributed by atoms with Crippen LogP contribution in [0.2, 0.25) is 0 Å². The summed E-state index contributed by atoms with van der Waals surface area (Å²) in [5.41, 5.74) is 1.11. The lowest BCUT2D eigenvalue weighted by Gasteiger charge is -2.23. The lowest BCUT2D eigenvalue weighted by atomic mass is 9.79. The molecule has 0 saturated carbocycles. The van der Waals surface area contributed by atoms with E-state index in [0.29, 0.717) is 6.42 Å². The van der Waals surface area contributed by atoms with Crippen LogP contribution in [0.15, 0.2) is 12.4 Å². The molecular weight excluding hydrogens is 162 g/mol. The highest BCUT2D eigenvalue weighted by atomic mass is 15.2. The molecule has 0 aromatic carbocycles. The first-order chi connectivity index (χ1) is 6.12. The topological polar surface area (TPSA) is 41.6 Å². The highest BCUT2D eigenvalue weighted by Gasteiger charge is 2.25. The van der Waals surface area contributed by atoms with Crippen LogP contribution in [0.25, 0.3) is 0 Å². The standard InChI is InChI=1S/C10H15N3/c1-4-10(2,5-6-11)9-7-12-13(3)8-9/h7-8H,4-5H2,1-3H3. The molecule has 70 valence electrons. The van der Waals surface area contributed by atoms with Gasteiger partial charge in [0.2, 0.25) is 0 Å². The third-order valence-corrected chi connectivity index (χ3v) is 2.65. The average molecular weight is 177 g/mol. The molecular formula is C10H15N3. The molecule has 13 heavy (non-hydrogen) atoms. The summed E-state index contributed by atoms with van der Waals surface area (Å²) in [4.78, 5) is 0. The Morgan fingerprint density at radius 3 is 2.77 bits per heavy atom. The van der Waals surface area contributed by atoms with Crippen LogP contribution in [-0.2, 0) is 12.5 Å². The zero-order valence-corrected chi connectivity index (χ0v) is 8.41. The van der Waals surface area contributed by atoms with Gasteiger partial charge in [-0.2, -0.15) is 10.4 Å². The second-order valence-corrected chi connectivity index (χ2v) is 3.65. The molecule has 0 N–H and O–H groups in total. The van der Waals surface area contributed by atoms with E-state index in [2.05, 4.69) is 25.0 Å². The van der Waals surface area contributed by atoms with Crippen molar-refractivity contribution < 1.29 is 0 Å². The van der Waals surface area contributed by atoms with Gasteiger partial charge in [-0.1, -0.05) is 13.8 Å². The van der Waals surface area contributed by atoms with Gasteiger partial charge in [0.05, 0.1) is 12.3 Å². The number of aromatic nitrogens is 2. The van der Waals surface area contributed by atoms with Gasteiger partial charge < -0.3 is 0 Å². The molecule has 0 radical (unpaired) electrons. The summed E-state index contributed by atoms with van der Waals surface area (Å²) in [6.45, 7) is 4.21. The van der Waals surface area contributed by atoms with E-state index in [1.807, 2.05) is 19.4 Å². The third-order valence-electron chi connectivity index (χ3n) is 2.65. The Morgan fingerprint density at radius 1 is 1.69 bits per heavy atom. The molecule has 0 bridgehead atoms. The first-order valence-corrected chi connectivity index (χ1v) is 4.48. The Bertz CT molecular complexity index is 321. The van der Waals surface area contributed by atoms with Crippen LogP contribution in [0.3, 0.4) is 0 Å². The van der Waals surface area contributed by atoms with Crippen molar-refractivity contribution in [3.8, 4) is 6.07 Å². The van der Waals surface area contributed by atoms with E-state index < -0.39 is 0 Å². The molecule has 0 aliphatic heterocycles. The molecule has 1 atom stereocenters. The Balaban J connectivity index is 2.96. The van der Waals surface area contributed by atoms with Crippen molar-refractivity contribution in [3.63, 3.8) is 0 Å². The number of hydrogen-bond donors (Lipinski definition) is 0. The van der Waals surface area contributed by atoms with Gasteiger partial charge in [0, 0.05) is 25.1 Å². The molecule has 1 rings (SSSR count). The van der Waals surface area contributed by atoms with Crippen LogP contribution in [0, 0.1) is 11.3 Å². The van der Waals surface area contributed by atoms with E-state index in [4.69, 9.17) is 5.26 Å². The van der Waals surface area contributed by atoms with Gasteiger partial charge >= 0.3 is 0 Å². The first-order valence-electron chi connectivity index (χ1n) is 4.48. The molecule has 3 heteroatoms. The van der Waals surface area contributed by atoms with Gasteiger partial charge in [0.25, 0.3) is 0 Å². The second kappa shape index (κ2) is 3.61. The molecule has 0 fully saturated rings. The molecule has 1 aromatic rings.